The lowest BCUT2D eigenvalue weighted by molar-refractivity contribution is -0.127. The number of ether oxygens (including phenoxy) is 2. The van der Waals surface area contributed by atoms with Gasteiger partial charge in [0.2, 0.25) is 18.6 Å². The minimum atomic E-state index is -0.524. The molecule has 3 aliphatic heterocycles. The van der Waals surface area contributed by atoms with Crippen LogP contribution in [0.3, 0.4) is 0 Å². The third kappa shape index (κ3) is 4.74. The Labute approximate surface area is 206 Å². The van der Waals surface area contributed by atoms with Crippen molar-refractivity contribution in [1.82, 2.24) is 10.2 Å². The van der Waals surface area contributed by atoms with E-state index in [9.17, 15) is 19.2 Å². The van der Waals surface area contributed by atoms with Crippen molar-refractivity contribution in [2.75, 3.05) is 31.3 Å². The Hall–Kier alpha value is -3.79. The van der Waals surface area contributed by atoms with Gasteiger partial charge in [0, 0.05) is 37.8 Å². The molecule has 1 N–H and O–H groups in total. The van der Waals surface area contributed by atoms with Gasteiger partial charge in [0.25, 0.3) is 11.1 Å². The number of fused-ring (bicyclic) bond motifs is 1. The summed E-state index contributed by atoms with van der Waals surface area (Å²) in [6.07, 6.45) is 1.78. The highest BCUT2D eigenvalue weighted by Gasteiger charge is 2.37. The lowest BCUT2D eigenvalue weighted by Gasteiger charge is -2.17. The van der Waals surface area contributed by atoms with Gasteiger partial charge in [-0.3, -0.25) is 24.1 Å². The first-order valence-electron chi connectivity index (χ1n) is 11.2. The average molecular weight is 494 g/mol. The Kier molecular flexibility index (Phi) is 6.21. The van der Waals surface area contributed by atoms with Crippen LogP contribution in [0.1, 0.15) is 17.5 Å². The molecule has 1 unspecified atom stereocenters. The zero-order valence-electron chi connectivity index (χ0n) is 19.0. The molecule has 0 saturated carbocycles. The molecular weight excluding hydrogens is 470 g/mol. The van der Waals surface area contributed by atoms with Crippen LogP contribution in [0, 0.1) is 12.8 Å². The zero-order valence-corrected chi connectivity index (χ0v) is 19.8. The van der Waals surface area contributed by atoms with Gasteiger partial charge < -0.3 is 19.7 Å². The summed E-state index contributed by atoms with van der Waals surface area (Å²) in [6, 6.07) is 12.9. The number of hydrogen-bond donors (Lipinski definition) is 1. The van der Waals surface area contributed by atoms with Crippen LogP contribution in [-0.2, 0) is 14.4 Å². The van der Waals surface area contributed by atoms with Gasteiger partial charge in [0.1, 0.15) is 0 Å². The van der Waals surface area contributed by atoms with E-state index in [0.717, 1.165) is 27.8 Å². The molecule has 4 amide bonds. The summed E-state index contributed by atoms with van der Waals surface area (Å²) in [5, 5.41) is 2.39. The summed E-state index contributed by atoms with van der Waals surface area (Å²) in [5.74, 6) is -0.156. The van der Waals surface area contributed by atoms with E-state index in [1.165, 1.54) is 0 Å². The van der Waals surface area contributed by atoms with Gasteiger partial charge >= 0.3 is 0 Å². The summed E-state index contributed by atoms with van der Waals surface area (Å²) in [7, 11) is 0. The maximum absolute atomic E-state index is 12.7. The number of benzene rings is 2. The van der Waals surface area contributed by atoms with E-state index in [-0.39, 0.29) is 55.8 Å². The number of aryl methyl sites for hydroxylation is 1. The van der Waals surface area contributed by atoms with Crippen LogP contribution in [0.2, 0.25) is 0 Å². The number of imide groups is 1. The lowest BCUT2D eigenvalue weighted by Crippen LogP contribution is -2.40. The second-order valence-corrected chi connectivity index (χ2v) is 9.47. The van der Waals surface area contributed by atoms with E-state index in [4.69, 9.17) is 9.47 Å². The molecule has 0 aliphatic carbocycles. The van der Waals surface area contributed by atoms with Gasteiger partial charge in [0.15, 0.2) is 11.5 Å². The molecule has 0 aromatic heterocycles. The van der Waals surface area contributed by atoms with E-state index >= 15 is 0 Å². The van der Waals surface area contributed by atoms with Gasteiger partial charge in [-0.2, -0.15) is 0 Å². The van der Waals surface area contributed by atoms with Crippen LogP contribution in [-0.4, -0.2) is 54.3 Å². The summed E-state index contributed by atoms with van der Waals surface area (Å²) < 4.78 is 10.7. The number of anilines is 1. The van der Waals surface area contributed by atoms with E-state index in [1.807, 2.05) is 31.2 Å². The number of thioether (sulfide) groups is 1. The summed E-state index contributed by atoms with van der Waals surface area (Å²) in [4.78, 5) is 53.3. The van der Waals surface area contributed by atoms with Crippen molar-refractivity contribution in [2.24, 2.45) is 5.92 Å². The topological polar surface area (TPSA) is 105 Å². The monoisotopic (exact) mass is 493 g/mol. The second-order valence-electron chi connectivity index (χ2n) is 8.48. The first-order chi connectivity index (χ1) is 16.9. The minimum Gasteiger partial charge on any atom is -0.454 e. The smallest absolute Gasteiger partial charge is 0.293 e. The van der Waals surface area contributed by atoms with Gasteiger partial charge in [-0.25, -0.2) is 0 Å². The van der Waals surface area contributed by atoms with Crippen LogP contribution in [0.25, 0.3) is 6.08 Å². The second kappa shape index (κ2) is 9.46. The van der Waals surface area contributed by atoms with Crippen LogP contribution >= 0.6 is 11.8 Å². The highest BCUT2D eigenvalue weighted by molar-refractivity contribution is 8.18. The van der Waals surface area contributed by atoms with E-state index in [2.05, 4.69) is 5.32 Å². The van der Waals surface area contributed by atoms with Gasteiger partial charge in [-0.15, -0.1) is 0 Å². The van der Waals surface area contributed by atoms with E-state index in [1.54, 1.807) is 29.2 Å². The zero-order chi connectivity index (χ0) is 24.5. The molecule has 35 heavy (non-hydrogen) atoms. The molecule has 3 heterocycles. The fourth-order valence-corrected chi connectivity index (χ4v) is 4.99. The van der Waals surface area contributed by atoms with E-state index in [0.29, 0.717) is 22.1 Å². The van der Waals surface area contributed by atoms with Crippen LogP contribution < -0.4 is 19.7 Å². The summed E-state index contributed by atoms with van der Waals surface area (Å²) in [5.41, 5.74) is 2.59. The highest BCUT2D eigenvalue weighted by atomic mass is 32.2. The van der Waals surface area contributed by atoms with Crippen LogP contribution in [0.4, 0.5) is 10.5 Å². The lowest BCUT2D eigenvalue weighted by atomic mass is 10.1. The van der Waals surface area contributed by atoms with Crippen molar-refractivity contribution in [2.45, 2.75) is 13.3 Å². The SMILES string of the molecule is Cc1ccc(/C=C2\SC(=O)N(CCNC(=O)C3CC(=O)N(c4ccc5c(c4)OCO5)C3)C2=O)cc1. The van der Waals surface area contributed by atoms with Crippen LogP contribution in [0.5, 0.6) is 11.5 Å². The Morgan fingerprint density at radius 1 is 1.11 bits per heavy atom. The predicted molar refractivity (Wildman–Crippen MR) is 130 cm³/mol. The van der Waals surface area contributed by atoms with Crippen LogP contribution in [0.15, 0.2) is 47.4 Å². The summed E-state index contributed by atoms with van der Waals surface area (Å²) in [6.45, 7) is 2.53. The van der Waals surface area contributed by atoms with Gasteiger partial charge in [-0.1, -0.05) is 29.8 Å². The first-order valence-corrected chi connectivity index (χ1v) is 12.0. The van der Waals surface area contributed by atoms with Crippen molar-refractivity contribution in [3.63, 3.8) is 0 Å². The average Bonchev–Trinajstić information content (AvgIpc) is 3.54. The Morgan fingerprint density at radius 2 is 1.89 bits per heavy atom. The molecule has 9 nitrogen and oxygen atoms in total. The first kappa shape index (κ1) is 23.0. The third-order valence-corrected chi connectivity index (χ3v) is 6.95. The fraction of sp³-hybridized carbons (Fsp3) is 0.280. The molecule has 0 radical (unpaired) electrons. The third-order valence-electron chi connectivity index (χ3n) is 6.05. The fourth-order valence-electron chi connectivity index (χ4n) is 4.13. The van der Waals surface area contributed by atoms with Crippen molar-refractivity contribution < 1.29 is 28.7 Å². The molecule has 180 valence electrons. The number of hydrogen-bond acceptors (Lipinski definition) is 7. The number of nitrogens with zero attached hydrogens (tertiary/aromatic N) is 2. The summed E-state index contributed by atoms with van der Waals surface area (Å²) >= 11 is 0.887. The molecular formula is C25H23N3O6S. The molecule has 5 rings (SSSR count). The molecule has 2 fully saturated rings. The molecule has 0 spiro atoms. The minimum absolute atomic E-state index is 0.0637. The van der Waals surface area contributed by atoms with Crippen molar-refractivity contribution >= 4 is 46.5 Å². The molecule has 3 aliphatic rings. The largest absolute Gasteiger partial charge is 0.454 e. The maximum Gasteiger partial charge on any atom is 0.293 e. The number of amides is 4. The maximum atomic E-state index is 12.7. The Balaban J connectivity index is 1.14. The number of carbonyl (C=O) groups is 4. The van der Waals surface area contributed by atoms with Crippen molar-refractivity contribution in [3.05, 3.63) is 58.5 Å². The molecule has 10 heteroatoms. The predicted octanol–water partition coefficient (Wildman–Crippen LogP) is 2.93. The number of nitrogens with one attached hydrogen (secondary N) is 1. The molecule has 2 saturated heterocycles. The van der Waals surface area contributed by atoms with E-state index < -0.39 is 5.92 Å². The molecule has 2 aromatic carbocycles. The Bertz CT molecular complexity index is 1240. The molecule has 1 atom stereocenters. The molecule has 2 aromatic rings. The normalized spacial score (nSPS) is 20.3. The molecule has 0 bridgehead atoms. The van der Waals surface area contributed by atoms with Crippen molar-refractivity contribution in [3.8, 4) is 11.5 Å². The highest BCUT2D eigenvalue weighted by Crippen LogP contribution is 2.37. The number of carbonyl (C=O) groups excluding carboxylic acids is 4. The van der Waals surface area contributed by atoms with Gasteiger partial charge in [0.05, 0.1) is 10.8 Å². The standard InChI is InChI=1S/C25H23N3O6S/c1-15-2-4-16(5-3-15)10-21-24(31)27(25(32)35-21)9-8-26-23(30)17-11-22(29)28(13-17)18-6-7-19-20(12-18)34-14-33-19/h2-7,10,12,17H,8-9,11,13-14H2,1H3,(H,26,30)/b21-10-. The number of rotatable bonds is 6. The van der Waals surface area contributed by atoms with Crippen molar-refractivity contribution in [1.29, 1.82) is 0 Å². The quantitative estimate of drug-likeness (QED) is 0.617. The van der Waals surface area contributed by atoms with Gasteiger partial charge in [-0.05, 0) is 42.5 Å². The Morgan fingerprint density at radius 3 is 2.69 bits per heavy atom.